The molecular formula is C7H13NS. The number of nitrogens with zero attached hydrogens (tertiary/aromatic N) is 1. The third-order valence-corrected chi connectivity index (χ3v) is 2.79. The molecule has 0 radical (unpaired) electrons. The molecule has 2 heteroatoms. The molecule has 0 rings (SSSR count). The highest BCUT2D eigenvalue weighted by atomic mass is 32.2. The minimum absolute atomic E-state index is 0.106. The van der Waals surface area contributed by atoms with E-state index in [-0.39, 0.29) is 4.75 Å². The van der Waals surface area contributed by atoms with Crippen molar-refractivity contribution in [1.82, 2.24) is 0 Å². The first-order chi connectivity index (χ1) is 4.00. The lowest BCUT2D eigenvalue weighted by molar-refractivity contribution is 0.506. The van der Waals surface area contributed by atoms with Gasteiger partial charge in [-0.1, -0.05) is 13.8 Å². The third kappa shape index (κ3) is 2.76. The lowest BCUT2D eigenvalue weighted by Crippen LogP contribution is -2.21. The van der Waals surface area contributed by atoms with Gasteiger partial charge in [0, 0.05) is 4.75 Å². The maximum Gasteiger partial charge on any atom is 0.133 e. The van der Waals surface area contributed by atoms with Gasteiger partial charge < -0.3 is 0 Å². The number of rotatable bonds is 2. The zero-order chi connectivity index (χ0) is 7.49. The Balaban J connectivity index is 3.89. The fourth-order valence-corrected chi connectivity index (χ4v) is 0.706. The second kappa shape index (κ2) is 3.12. The first kappa shape index (κ1) is 8.84. The van der Waals surface area contributed by atoms with Gasteiger partial charge in [0.15, 0.2) is 0 Å². The lowest BCUT2D eigenvalue weighted by atomic mass is 10.00. The van der Waals surface area contributed by atoms with Crippen LogP contribution in [0, 0.1) is 16.6 Å². The van der Waals surface area contributed by atoms with E-state index in [1.807, 2.05) is 0 Å². The van der Waals surface area contributed by atoms with E-state index >= 15 is 0 Å². The van der Waals surface area contributed by atoms with Crippen molar-refractivity contribution in [3.8, 4) is 5.40 Å². The molecule has 0 aromatic rings. The van der Waals surface area contributed by atoms with Crippen molar-refractivity contribution >= 4 is 11.8 Å². The van der Waals surface area contributed by atoms with Crippen molar-refractivity contribution in [2.75, 3.05) is 0 Å². The van der Waals surface area contributed by atoms with Crippen molar-refractivity contribution in [1.29, 1.82) is 5.26 Å². The summed E-state index contributed by atoms with van der Waals surface area (Å²) >= 11 is 1.35. The summed E-state index contributed by atoms with van der Waals surface area (Å²) in [5.41, 5.74) is 0. The van der Waals surface area contributed by atoms with Crippen LogP contribution in [0.4, 0.5) is 0 Å². The van der Waals surface area contributed by atoms with Crippen LogP contribution in [-0.4, -0.2) is 4.75 Å². The van der Waals surface area contributed by atoms with Gasteiger partial charge in [-0.05, 0) is 31.5 Å². The van der Waals surface area contributed by atoms with Gasteiger partial charge in [-0.15, -0.1) is 0 Å². The summed E-state index contributed by atoms with van der Waals surface area (Å²) in [6.45, 7) is 8.44. The van der Waals surface area contributed by atoms with Crippen LogP contribution in [0.3, 0.4) is 0 Å². The second-order valence-corrected chi connectivity index (χ2v) is 4.39. The molecular weight excluding hydrogens is 130 g/mol. The maximum atomic E-state index is 8.36. The van der Waals surface area contributed by atoms with Crippen LogP contribution >= 0.6 is 11.8 Å². The van der Waals surface area contributed by atoms with Gasteiger partial charge in [0.1, 0.15) is 5.40 Å². The molecule has 0 saturated heterocycles. The van der Waals surface area contributed by atoms with E-state index in [1.54, 1.807) is 0 Å². The quantitative estimate of drug-likeness (QED) is 0.555. The van der Waals surface area contributed by atoms with Crippen molar-refractivity contribution in [2.24, 2.45) is 5.92 Å². The third-order valence-electron chi connectivity index (χ3n) is 1.70. The molecule has 0 spiro atoms. The van der Waals surface area contributed by atoms with Crippen LogP contribution in [0.1, 0.15) is 27.7 Å². The molecule has 1 nitrogen and oxygen atoms in total. The Morgan fingerprint density at radius 1 is 1.44 bits per heavy atom. The highest BCUT2D eigenvalue weighted by molar-refractivity contribution is 8.05. The smallest absolute Gasteiger partial charge is 0.133 e. The van der Waals surface area contributed by atoms with Crippen molar-refractivity contribution in [2.45, 2.75) is 32.4 Å². The molecule has 0 aliphatic rings. The first-order valence-corrected chi connectivity index (χ1v) is 3.89. The molecule has 0 aliphatic carbocycles. The molecule has 0 amide bonds. The minimum atomic E-state index is 0.106. The van der Waals surface area contributed by atoms with Crippen LogP contribution in [0.15, 0.2) is 0 Å². The Morgan fingerprint density at radius 3 is 2.00 bits per heavy atom. The van der Waals surface area contributed by atoms with E-state index in [2.05, 4.69) is 33.1 Å². The standard InChI is InChI=1S/C7H13NS/c1-6(2)7(3,4)9-5-8/h6H,1-4H3. The van der Waals surface area contributed by atoms with Crippen LogP contribution in [0.5, 0.6) is 0 Å². The fourth-order valence-electron chi connectivity index (χ4n) is 0.235. The molecule has 0 atom stereocenters. The molecule has 0 aromatic heterocycles. The molecule has 52 valence electrons. The number of thioether (sulfide) groups is 1. The van der Waals surface area contributed by atoms with E-state index < -0.39 is 0 Å². The number of hydrogen-bond acceptors (Lipinski definition) is 2. The number of thiocyanates is 1. The van der Waals surface area contributed by atoms with E-state index in [0.717, 1.165) is 0 Å². The zero-order valence-corrected chi connectivity index (χ0v) is 7.25. The predicted molar refractivity (Wildman–Crippen MR) is 42.1 cm³/mol. The Hall–Kier alpha value is -0.160. The molecule has 0 aliphatic heterocycles. The first-order valence-electron chi connectivity index (χ1n) is 3.08. The van der Waals surface area contributed by atoms with Crippen molar-refractivity contribution in [3.05, 3.63) is 0 Å². The van der Waals surface area contributed by atoms with Crippen molar-refractivity contribution in [3.63, 3.8) is 0 Å². The van der Waals surface area contributed by atoms with Crippen LogP contribution in [0.25, 0.3) is 0 Å². The SMILES string of the molecule is CC(C)C(C)(C)SC#N. The molecule has 0 N–H and O–H groups in total. The monoisotopic (exact) mass is 143 g/mol. The summed E-state index contributed by atoms with van der Waals surface area (Å²) < 4.78 is 0.106. The van der Waals surface area contributed by atoms with Gasteiger partial charge in [-0.3, -0.25) is 0 Å². The minimum Gasteiger partial charge on any atom is -0.185 e. The van der Waals surface area contributed by atoms with Gasteiger partial charge >= 0.3 is 0 Å². The summed E-state index contributed by atoms with van der Waals surface area (Å²) in [6, 6.07) is 0. The number of nitriles is 1. The highest BCUT2D eigenvalue weighted by Crippen LogP contribution is 2.30. The lowest BCUT2D eigenvalue weighted by Gasteiger charge is -2.24. The molecule has 9 heavy (non-hydrogen) atoms. The fraction of sp³-hybridized carbons (Fsp3) is 0.857. The second-order valence-electron chi connectivity index (χ2n) is 2.95. The van der Waals surface area contributed by atoms with Gasteiger partial charge in [-0.25, -0.2) is 0 Å². The topological polar surface area (TPSA) is 23.8 Å². The molecule has 0 aromatic carbocycles. The molecule has 0 bridgehead atoms. The Labute approximate surface area is 61.4 Å². The average molecular weight is 143 g/mol. The van der Waals surface area contributed by atoms with Crippen LogP contribution in [-0.2, 0) is 0 Å². The molecule has 0 heterocycles. The Morgan fingerprint density at radius 2 is 1.89 bits per heavy atom. The highest BCUT2D eigenvalue weighted by Gasteiger charge is 2.22. The summed E-state index contributed by atoms with van der Waals surface area (Å²) in [5.74, 6) is 0.558. The van der Waals surface area contributed by atoms with Gasteiger partial charge in [0.05, 0.1) is 0 Å². The maximum absolute atomic E-state index is 8.36. The van der Waals surface area contributed by atoms with Crippen molar-refractivity contribution < 1.29 is 0 Å². The average Bonchev–Trinajstić information content (AvgIpc) is 1.65. The van der Waals surface area contributed by atoms with E-state index in [1.165, 1.54) is 11.8 Å². The van der Waals surface area contributed by atoms with E-state index in [4.69, 9.17) is 5.26 Å². The number of hydrogen-bond donors (Lipinski definition) is 0. The normalized spacial score (nSPS) is 11.6. The zero-order valence-electron chi connectivity index (χ0n) is 6.43. The van der Waals surface area contributed by atoms with Crippen LogP contribution in [0.2, 0.25) is 0 Å². The predicted octanol–water partition coefficient (Wildman–Crippen LogP) is 2.64. The summed E-state index contributed by atoms with van der Waals surface area (Å²) in [7, 11) is 0. The van der Waals surface area contributed by atoms with Crippen LogP contribution < -0.4 is 0 Å². The molecule has 0 fully saturated rings. The summed E-state index contributed by atoms with van der Waals surface area (Å²) in [4.78, 5) is 0. The Bertz CT molecular complexity index is 121. The van der Waals surface area contributed by atoms with E-state index in [9.17, 15) is 0 Å². The Kier molecular flexibility index (Phi) is 3.07. The van der Waals surface area contributed by atoms with E-state index in [0.29, 0.717) is 5.92 Å². The molecule has 0 unspecified atom stereocenters. The largest absolute Gasteiger partial charge is 0.185 e. The van der Waals surface area contributed by atoms with Gasteiger partial charge in [0.2, 0.25) is 0 Å². The summed E-state index contributed by atoms with van der Waals surface area (Å²) in [6.07, 6.45) is 0. The van der Waals surface area contributed by atoms with Gasteiger partial charge in [0.25, 0.3) is 0 Å². The molecule has 0 saturated carbocycles. The summed E-state index contributed by atoms with van der Waals surface area (Å²) in [5, 5.41) is 10.5. The van der Waals surface area contributed by atoms with Gasteiger partial charge in [-0.2, -0.15) is 5.26 Å².